The van der Waals surface area contributed by atoms with Gasteiger partial charge in [0.05, 0.1) is 6.61 Å². The number of hydrogen-bond donors (Lipinski definition) is 1. The topological polar surface area (TPSA) is 58.6 Å². The maximum absolute atomic E-state index is 11.9. The molecule has 1 heterocycles. The Balaban J connectivity index is 2.20. The Hall–Kier alpha value is -1.26. The molecule has 5 heteroatoms. The maximum atomic E-state index is 11.9. The lowest BCUT2D eigenvalue weighted by atomic mass is 10.00. The van der Waals surface area contributed by atoms with Crippen LogP contribution in [0.2, 0.25) is 0 Å². The van der Waals surface area contributed by atoms with Crippen molar-refractivity contribution in [3.63, 3.8) is 0 Å². The molecule has 2 amide bonds. The Kier molecular flexibility index (Phi) is 6.67. The number of nitrogens with zero attached hydrogens (tertiary/aromatic N) is 1. The van der Waals surface area contributed by atoms with Crippen molar-refractivity contribution in [1.82, 2.24) is 10.2 Å². The number of rotatable bonds is 5. The highest BCUT2D eigenvalue weighted by Crippen LogP contribution is 2.15. The van der Waals surface area contributed by atoms with E-state index in [0.717, 1.165) is 25.9 Å². The van der Waals surface area contributed by atoms with Crippen LogP contribution in [-0.2, 0) is 9.53 Å². The van der Waals surface area contributed by atoms with E-state index in [0.29, 0.717) is 25.5 Å². The first kappa shape index (κ1) is 15.8. The zero-order chi connectivity index (χ0) is 14.3. The second-order valence-corrected chi connectivity index (χ2v) is 5.47. The summed E-state index contributed by atoms with van der Waals surface area (Å²) >= 11 is 0. The van der Waals surface area contributed by atoms with Crippen molar-refractivity contribution in [2.45, 2.75) is 40.0 Å². The molecule has 0 radical (unpaired) electrons. The van der Waals surface area contributed by atoms with E-state index in [9.17, 15) is 9.59 Å². The number of carbonyl (C=O) groups excluding carboxylic acids is 2. The van der Waals surface area contributed by atoms with Crippen LogP contribution in [0.4, 0.5) is 4.79 Å². The molecule has 1 unspecified atom stereocenters. The minimum absolute atomic E-state index is 0.0115. The molecule has 0 bridgehead atoms. The quantitative estimate of drug-likeness (QED) is 0.778. The summed E-state index contributed by atoms with van der Waals surface area (Å²) in [6, 6.07) is -0.0115. The van der Waals surface area contributed by atoms with Gasteiger partial charge < -0.3 is 15.0 Å². The Morgan fingerprint density at radius 1 is 1.37 bits per heavy atom. The summed E-state index contributed by atoms with van der Waals surface area (Å²) in [5, 5.41) is 2.89. The molecule has 0 aliphatic carbocycles. The van der Waals surface area contributed by atoms with Gasteiger partial charge >= 0.3 is 12.0 Å². The SMILES string of the molecule is CCOC(=O)CC(C)CNC(=O)N1CCC(C)CC1. The lowest BCUT2D eigenvalue weighted by Gasteiger charge is -2.30. The molecule has 1 N–H and O–H groups in total. The fourth-order valence-corrected chi connectivity index (χ4v) is 2.16. The summed E-state index contributed by atoms with van der Waals surface area (Å²) in [5.74, 6) is 0.620. The van der Waals surface area contributed by atoms with Crippen LogP contribution < -0.4 is 5.32 Å². The number of nitrogens with one attached hydrogen (secondary N) is 1. The lowest BCUT2D eigenvalue weighted by Crippen LogP contribution is -2.45. The molecule has 0 aromatic rings. The molecule has 1 saturated heterocycles. The predicted molar refractivity (Wildman–Crippen MR) is 73.8 cm³/mol. The van der Waals surface area contributed by atoms with Crippen LogP contribution >= 0.6 is 0 Å². The zero-order valence-corrected chi connectivity index (χ0v) is 12.3. The van der Waals surface area contributed by atoms with Crippen molar-refractivity contribution in [2.24, 2.45) is 11.8 Å². The van der Waals surface area contributed by atoms with Gasteiger partial charge in [0.25, 0.3) is 0 Å². The van der Waals surface area contributed by atoms with E-state index in [1.807, 2.05) is 11.8 Å². The fraction of sp³-hybridized carbons (Fsp3) is 0.857. The zero-order valence-electron chi connectivity index (χ0n) is 12.3. The minimum atomic E-state index is -0.198. The van der Waals surface area contributed by atoms with Crippen molar-refractivity contribution in [1.29, 1.82) is 0 Å². The second kappa shape index (κ2) is 8.02. The fourth-order valence-electron chi connectivity index (χ4n) is 2.16. The summed E-state index contributed by atoms with van der Waals surface area (Å²) in [6.45, 7) is 8.54. The average Bonchev–Trinajstić information content (AvgIpc) is 2.37. The van der Waals surface area contributed by atoms with E-state index in [1.54, 1.807) is 6.92 Å². The molecule has 0 saturated carbocycles. The van der Waals surface area contributed by atoms with Crippen molar-refractivity contribution < 1.29 is 14.3 Å². The first-order valence-electron chi connectivity index (χ1n) is 7.21. The summed E-state index contributed by atoms with van der Waals surface area (Å²) in [6.07, 6.45) is 2.50. The first-order chi connectivity index (χ1) is 9.02. The van der Waals surface area contributed by atoms with Crippen LogP contribution in [0.3, 0.4) is 0 Å². The lowest BCUT2D eigenvalue weighted by molar-refractivity contribution is -0.144. The molecule has 0 spiro atoms. The van der Waals surface area contributed by atoms with Crippen molar-refractivity contribution in [3.8, 4) is 0 Å². The third-order valence-corrected chi connectivity index (χ3v) is 3.49. The van der Waals surface area contributed by atoms with E-state index >= 15 is 0 Å². The van der Waals surface area contributed by atoms with Crippen molar-refractivity contribution >= 4 is 12.0 Å². The van der Waals surface area contributed by atoms with E-state index in [-0.39, 0.29) is 17.9 Å². The largest absolute Gasteiger partial charge is 0.466 e. The van der Waals surface area contributed by atoms with Gasteiger partial charge in [0.15, 0.2) is 0 Å². The Morgan fingerprint density at radius 3 is 2.58 bits per heavy atom. The van der Waals surface area contributed by atoms with Gasteiger partial charge in [-0.25, -0.2) is 4.79 Å². The molecule has 1 atom stereocenters. The standard InChI is InChI=1S/C14H26N2O3/c1-4-19-13(17)9-12(3)10-15-14(18)16-7-5-11(2)6-8-16/h11-12H,4-10H2,1-3H3,(H,15,18). The van der Waals surface area contributed by atoms with Gasteiger partial charge in [0, 0.05) is 26.1 Å². The number of esters is 1. The highest BCUT2D eigenvalue weighted by atomic mass is 16.5. The van der Waals surface area contributed by atoms with Crippen LogP contribution in [0.25, 0.3) is 0 Å². The maximum Gasteiger partial charge on any atom is 0.317 e. The van der Waals surface area contributed by atoms with Crippen molar-refractivity contribution in [2.75, 3.05) is 26.2 Å². The van der Waals surface area contributed by atoms with Gasteiger partial charge in [0.2, 0.25) is 0 Å². The third kappa shape index (κ3) is 5.94. The summed E-state index contributed by atoms with van der Waals surface area (Å²) in [7, 11) is 0. The first-order valence-corrected chi connectivity index (χ1v) is 7.21. The number of urea groups is 1. The number of piperidine rings is 1. The Labute approximate surface area is 115 Å². The van der Waals surface area contributed by atoms with Crippen LogP contribution in [0, 0.1) is 11.8 Å². The summed E-state index contributed by atoms with van der Waals surface area (Å²) < 4.78 is 4.89. The molecule has 110 valence electrons. The minimum Gasteiger partial charge on any atom is -0.466 e. The van der Waals surface area contributed by atoms with Gasteiger partial charge in [0.1, 0.15) is 0 Å². The van der Waals surface area contributed by atoms with E-state index in [2.05, 4.69) is 12.2 Å². The molecule has 1 fully saturated rings. The predicted octanol–water partition coefficient (Wildman–Crippen LogP) is 2.02. The number of ether oxygens (including phenoxy) is 1. The molecule has 19 heavy (non-hydrogen) atoms. The summed E-state index contributed by atoms with van der Waals surface area (Å²) in [4.78, 5) is 25.1. The van der Waals surface area contributed by atoms with Gasteiger partial charge in [-0.1, -0.05) is 13.8 Å². The molecular weight excluding hydrogens is 244 g/mol. The monoisotopic (exact) mass is 270 g/mol. The normalized spacial score (nSPS) is 17.9. The van der Waals surface area contributed by atoms with Crippen LogP contribution in [0.5, 0.6) is 0 Å². The number of likely N-dealkylation sites (tertiary alicyclic amines) is 1. The van der Waals surface area contributed by atoms with Gasteiger partial charge in [-0.3, -0.25) is 4.79 Å². The van der Waals surface area contributed by atoms with Gasteiger partial charge in [-0.15, -0.1) is 0 Å². The summed E-state index contributed by atoms with van der Waals surface area (Å²) in [5.41, 5.74) is 0. The molecule has 1 aliphatic rings. The Morgan fingerprint density at radius 2 is 2.00 bits per heavy atom. The highest BCUT2D eigenvalue weighted by Gasteiger charge is 2.20. The van der Waals surface area contributed by atoms with Crippen molar-refractivity contribution in [3.05, 3.63) is 0 Å². The van der Waals surface area contributed by atoms with Crippen LogP contribution in [0.1, 0.15) is 40.0 Å². The Bertz CT molecular complexity index is 299. The van der Waals surface area contributed by atoms with Crippen LogP contribution in [-0.4, -0.2) is 43.1 Å². The molecule has 1 aliphatic heterocycles. The van der Waals surface area contributed by atoms with E-state index in [1.165, 1.54) is 0 Å². The van der Waals surface area contributed by atoms with E-state index in [4.69, 9.17) is 4.74 Å². The number of hydrogen-bond acceptors (Lipinski definition) is 3. The third-order valence-electron chi connectivity index (χ3n) is 3.49. The molecular formula is C14H26N2O3. The highest BCUT2D eigenvalue weighted by molar-refractivity contribution is 5.74. The average molecular weight is 270 g/mol. The smallest absolute Gasteiger partial charge is 0.317 e. The van der Waals surface area contributed by atoms with Crippen LogP contribution in [0.15, 0.2) is 0 Å². The van der Waals surface area contributed by atoms with E-state index < -0.39 is 0 Å². The number of carbonyl (C=O) groups is 2. The van der Waals surface area contributed by atoms with Gasteiger partial charge in [-0.2, -0.15) is 0 Å². The molecule has 0 aromatic carbocycles. The molecule has 1 rings (SSSR count). The van der Waals surface area contributed by atoms with Gasteiger partial charge in [-0.05, 0) is 31.6 Å². The number of amides is 2. The molecule has 0 aromatic heterocycles. The molecule has 5 nitrogen and oxygen atoms in total. The second-order valence-electron chi connectivity index (χ2n) is 5.47.